The molecule has 2 N–H and O–H groups in total. The highest BCUT2D eigenvalue weighted by molar-refractivity contribution is 5.94. The maximum atomic E-state index is 12.0. The molecule has 0 bridgehead atoms. The molecule has 5 heteroatoms. The number of amides is 2. The van der Waals surface area contributed by atoms with Crippen LogP contribution in [0.25, 0.3) is 0 Å². The topological polar surface area (TPSA) is 67.4 Å². The Morgan fingerprint density at radius 2 is 1.74 bits per heavy atom. The van der Waals surface area contributed by atoms with Gasteiger partial charge in [-0.15, -0.1) is 0 Å². The smallest absolute Gasteiger partial charge is 0.224 e. The SMILES string of the molecule is CCCCCCCCC(=O)Nc1cc(NC(C)=O)ccc1OC. The molecular weight excluding hydrogens is 292 g/mol. The first-order chi connectivity index (χ1) is 11.1. The number of nitrogens with one attached hydrogen (secondary N) is 2. The van der Waals surface area contributed by atoms with Crippen LogP contribution in [0.2, 0.25) is 0 Å². The molecule has 1 rings (SSSR count). The fraction of sp³-hybridized carbons (Fsp3) is 0.556. The minimum atomic E-state index is -0.153. The van der Waals surface area contributed by atoms with Crippen molar-refractivity contribution in [1.29, 1.82) is 0 Å². The summed E-state index contributed by atoms with van der Waals surface area (Å²) in [4.78, 5) is 23.2. The quantitative estimate of drug-likeness (QED) is 0.630. The van der Waals surface area contributed by atoms with Crippen LogP contribution in [0.5, 0.6) is 5.75 Å². The Morgan fingerprint density at radius 1 is 1.04 bits per heavy atom. The summed E-state index contributed by atoms with van der Waals surface area (Å²) in [7, 11) is 1.55. The summed E-state index contributed by atoms with van der Waals surface area (Å²) >= 11 is 0. The molecule has 0 radical (unpaired) electrons. The Hall–Kier alpha value is -2.04. The Morgan fingerprint density at radius 3 is 2.39 bits per heavy atom. The molecule has 0 fully saturated rings. The van der Waals surface area contributed by atoms with E-state index in [1.807, 2.05) is 0 Å². The van der Waals surface area contributed by atoms with E-state index in [1.165, 1.54) is 32.6 Å². The number of hydrogen-bond donors (Lipinski definition) is 2. The standard InChI is InChI=1S/C18H28N2O3/c1-4-5-6-7-8-9-10-18(22)20-16-13-15(19-14(2)21)11-12-17(16)23-3/h11-13H,4-10H2,1-3H3,(H,19,21)(H,20,22). The monoisotopic (exact) mass is 320 g/mol. The summed E-state index contributed by atoms with van der Waals surface area (Å²) in [6, 6.07) is 5.18. The highest BCUT2D eigenvalue weighted by Gasteiger charge is 2.09. The lowest BCUT2D eigenvalue weighted by Crippen LogP contribution is -2.13. The molecule has 0 aliphatic rings. The van der Waals surface area contributed by atoms with E-state index in [2.05, 4.69) is 17.6 Å². The van der Waals surface area contributed by atoms with Gasteiger partial charge in [0.2, 0.25) is 11.8 Å². The van der Waals surface area contributed by atoms with Crippen molar-refractivity contribution in [2.24, 2.45) is 0 Å². The zero-order valence-corrected chi connectivity index (χ0v) is 14.4. The highest BCUT2D eigenvalue weighted by atomic mass is 16.5. The fourth-order valence-electron chi connectivity index (χ4n) is 2.37. The third-order valence-corrected chi connectivity index (χ3v) is 3.55. The van der Waals surface area contributed by atoms with E-state index in [1.54, 1.807) is 25.3 Å². The van der Waals surface area contributed by atoms with Crippen molar-refractivity contribution in [3.63, 3.8) is 0 Å². The van der Waals surface area contributed by atoms with Crippen molar-refractivity contribution in [2.75, 3.05) is 17.7 Å². The molecule has 0 unspecified atom stereocenters. The van der Waals surface area contributed by atoms with Gasteiger partial charge in [-0.2, -0.15) is 0 Å². The van der Waals surface area contributed by atoms with E-state index in [0.717, 1.165) is 12.8 Å². The van der Waals surface area contributed by atoms with Crippen LogP contribution in [-0.4, -0.2) is 18.9 Å². The Kier molecular flexibility index (Phi) is 8.80. The van der Waals surface area contributed by atoms with Gasteiger partial charge in [-0.1, -0.05) is 39.0 Å². The number of methoxy groups -OCH3 is 1. The number of rotatable bonds is 10. The van der Waals surface area contributed by atoms with E-state index >= 15 is 0 Å². The van der Waals surface area contributed by atoms with Crippen molar-refractivity contribution in [1.82, 2.24) is 0 Å². The maximum absolute atomic E-state index is 12.0. The zero-order valence-electron chi connectivity index (χ0n) is 14.4. The first kappa shape index (κ1) is 19.0. The molecule has 0 aliphatic heterocycles. The number of carbonyl (C=O) groups is 2. The van der Waals surface area contributed by atoms with Crippen LogP contribution in [0.4, 0.5) is 11.4 Å². The molecule has 1 aromatic carbocycles. The lowest BCUT2D eigenvalue weighted by atomic mass is 10.1. The molecule has 128 valence electrons. The van der Waals surface area contributed by atoms with Gasteiger partial charge in [0.25, 0.3) is 0 Å². The molecule has 1 aromatic rings. The van der Waals surface area contributed by atoms with Crippen LogP contribution in [0.3, 0.4) is 0 Å². The van der Waals surface area contributed by atoms with Crippen LogP contribution in [-0.2, 0) is 9.59 Å². The fourth-order valence-corrected chi connectivity index (χ4v) is 2.37. The molecular formula is C18H28N2O3. The van der Waals surface area contributed by atoms with Gasteiger partial charge < -0.3 is 15.4 Å². The molecule has 0 saturated carbocycles. The number of ether oxygens (including phenoxy) is 1. The first-order valence-corrected chi connectivity index (χ1v) is 8.32. The van der Waals surface area contributed by atoms with Gasteiger partial charge in [-0.3, -0.25) is 9.59 Å². The Labute approximate surface area is 138 Å². The summed E-state index contributed by atoms with van der Waals surface area (Å²) in [6.07, 6.45) is 7.39. The van der Waals surface area contributed by atoms with Crippen molar-refractivity contribution in [3.05, 3.63) is 18.2 Å². The second-order valence-corrected chi connectivity index (χ2v) is 5.66. The molecule has 2 amide bonds. The van der Waals surface area contributed by atoms with Crippen molar-refractivity contribution < 1.29 is 14.3 Å². The van der Waals surface area contributed by atoms with Gasteiger partial charge >= 0.3 is 0 Å². The molecule has 5 nitrogen and oxygen atoms in total. The molecule has 0 saturated heterocycles. The lowest BCUT2D eigenvalue weighted by molar-refractivity contribution is -0.116. The van der Waals surface area contributed by atoms with E-state index in [0.29, 0.717) is 23.5 Å². The lowest BCUT2D eigenvalue weighted by Gasteiger charge is -2.12. The average molecular weight is 320 g/mol. The first-order valence-electron chi connectivity index (χ1n) is 8.32. The summed E-state index contributed by atoms with van der Waals surface area (Å²) < 4.78 is 5.25. The maximum Gasteiger partial charge on any atom is 0.224 e. The van der Waals surface area contributed by atoms with E-state index in [-0.39, 0.29) is 11.8 Å². The highest BCUT2D eigenvalue weighted by Crippen LogP contribution is 2.28. The van der Waals surface area contributed by atoms with Gasteiger partial charge in [0.1, 0.15) is 5.75 Å². The van der Waals surface area contributed by atoms with Crippen LogP contribution in [0, 0.1) is 0 Å². The normalized spacial score (nSPS) is 10.2. The zero-order chi connectivity index (χ0) is 17.1. The second-order valence-electron chi connectivity index (χ2n) is 5.66. The van der Waals surface area contributed by atoms with Gasteiger partial charge in [-0.25, -0.2) is 0 Å². The third-order valence-electron chi connectivity index (χ3n) is 3.55. The molecule has 23 heavy (non-hydrogen) atoms. The molecule has 0 spiro atoms. The average Bonchev–Trinajstić information content (AvgIpc) is 2.50. The minimum absolute atomic E-state index is 0.0289. The Balaban J connectivity index is 2.50. The van der Waals surface area contributed by atoms with Crippen molar-refractivity contribution in [3.8, 4) is 5.75 Å². The van der Waals surface area contributed by atoms with E-state index in [9.17, 15) is 9.59 Å². The van der Waals surface area contributed by atoms with Gasteiger partial charge in [0.15, 0.2) is 0 Å². The van der Waals surface area contributed by atoms with Gasteiger partial charge in [0, 0.05) is 19.0 Å². The van der Waals surface area contributed by atoms with Crippen molar-refractivity contribution >= 4 is 23.2 Å². The molecule has 0 atom stereocenters. The molecule has 0 heterocycles. The predicted molar refractivity (Wildman–Crippen MR) is 93.9 cm³/mol. The van der Waals surface area contributed by atoms with Crippen LogP contribution in [0.15, 0.2) is 18.2 Å². The second kappa shape index (κ2) is 10.6. The predicted octanol–water partition coefficient (Wildman–Crippen LogP) is 4.34. The van der Waals surface area contributed by atoms with Crippen LogP contribution >= 0.6 is 0 Å². The number of unbranched alkanes of at least 4 members (excludes halogenated alkanes) is 5. The number of benzene rings is 1. The summed E-state index contributed by atoms with van der Waals surface area (Å²) in [5, 5.41) is 5.56. The third kappa shape index (κ3) is 7.68. The van der Waals surface area contributed by atoms with Crippen LogP contribution < -0.4 is 15.4 Å². The molecule has 0 aromatic heterocycles. The van der Waals surface area contributed by atoms with Crippen LogP contribution in [0.1, 0.15) is 58.8 Å². The largest absolute Gasteiger partial charge is 0.495 e. The van der Waals surface area contributed by atoms with Gasteiger partial charge in [-0.05, 0) is 24.6 Å². The summed E-state index contributed by atoms with van der Waals surface area (Å²) in [5.74, 6) is 0.397. The number of anilines is 2. The number of hydrogen-bond acceptors (Lipinski definition) is 3. The Bertz CT molecular complexity index is 515. The van der Waals surface area contributed by atoms with Gasteiger partial charge in [0.05, 0.1) is 12.8 Å². The summed E-state index contributed by atoms with van der Waals surface area (Å²) in [6.45, 7) is 3.64. The van der Waals surface area contributed by atoms with E-state index < -0.39 is 0 Å². The summed E-state index contributed by atoms with van der Waals surface area (Å²) in [5.41, 5.74) is 1.21. The molecule has 0 aliphatic carbocycles. The van der Waals surface area contributed by atoms with E-state index in [4.69, 9.17) is 4.74 Å². The minimum Gasteiger partial charge on any atom is -0.495 e. The van der Waals surface area contributed by atoms with Crippen molar-refractivity contribution in [2.45, 2.75) is 58.8 Å². The number of carbonyl (C=O) groups excluding carboxylic acids is 2.